The molecular formula is C34H40Cl2N4O6. The largest absolute Gasteiger partial charge is 0.481 e. The molecular weight excluding hydrogens is 631 g/mol. The normalized spacial score (nSPS) is 23.9. The van der Waals surface area contributed by atoms with Crippen molar-refractivity contribution in [3.8, 4) is 0 Å². The van der Waals surface area contributed by atoms with E-state index in [1.54, 1.807) is 25.4 Å². The molecule has 2 atom stereocenters. The highest BCUT2D eigenvalue weighted by atomic mass is 35.5. The van der Waals surface area contributed by atoms with E-state index in [0.29, 0.717) is 65.7 Å². The van der Waals surface area contributed by atoms with Crippen LogP contribution >= 0.6 is 23.2 Å². The quantitative estimate of drug-likeness (QED) is 0.303. The fraction of sp³-hybridized carbons (Fsp3) is 0.500. The number of nitrogens with zero attached hydrogens (tertiary/aromatic N) is 3. The van der Waals surface area contributed by atoms with Crippen LogP contribution < -0.4 is 5.32 Å². The predicted octanol–water partition coefficient (Wildman–Crippen LogP) is 5.24. The average Bonchev–Trinajstić information content (AvgIpc) is 3.59. The fourth-order valence-corrected chi connectivity index (χ4v) is 7.52. The number of aryl methyl sites for hydroxylation is 1. The number of nitrogens with one attached hydrogen (secondary N) is 1. The van der Waals surface area contributed by atoms with Crippen molar-refractivity contribution in [1.29, 1.82) is 0 Å². The summed E-state index contributed by atoms with van der Waals surface area (Å²) in [6.07, 6.45) is 5.48. The van der Waals surface area contributed by atoms with E-state index >= 15 is 0 Å². The third kappa shape index (κ3) is 6.92. The number of carboxylic acids is 1. The second-order valence-electron chi connectivity index (χ2n) is 12.8. The molecule has 1 unspecified atom stereocenters. The zero-order chi connectivity index (χ0) is 32.5. The second kappa shape index (κ2) is 13.9. The molecule has 2 saturated heterocycles. The number of fused-ring (bicyclic) bond motifs is 1. The van der Waals surface area contributed by atoms with Crippen molar-refractivity contribution in [2.45, 2.75) is 62.8 Å². The summed E-state index contributed by atoms with van der Waals surface area (Å²) in [5.41, 5.74) is 2.42. The first-order chi connectivity index (χ1) is 22.1. The lowest BCUT2D eigenvalue weighted by molar-refractivity contribution is -0.144. The van der Waals surface area contributed by atoms with Gasteiger partial charge in [0, 0.05) is 62.0 Å². The summed E-state index contributed by atoms with van der Waals surface area (Å²) in [4.78, 5) is 42.6. The van der Waals surface area contributed by atoms with E-state index in [2.05, 4.69) is 10.2 Å². The zero-order valence-electron chi connectivity index (χ0n) is 26.1. The molecule has 3 heterocycles. The Morgan fingerprint density at radius 2 is 1.74 bits per heavy atom. The molecule has 1 aliphatic carbocycles. The van der Waals surface area contributed by atoms with Crippen LogP contribution in [0.1, 0.15) is 48.0 Å². The third-order valence-electron chi connectivity index (χ3n) is 9.85. The summed E-state index contributed by atoms with van der Waals surface area (Å²) in [5.74, 6) is -1.41. The van der Waals surface area contributed by atoms with Crippen molar-refractivity contribution in [3.05, 3.63) is 63.8 Å². The smallest absolute Gasteiger partial charge is 0.306 e. The summed E-state index contributed by atoms with van der Waals surface area (Å²) in [7, 11) is 3.61. The van der Waals surface area contributed by atoms with Gasteiger partial charge in [-0.1, -0.05) is 41.4 Å². The number of hydrogen-bond donors (Lipinski definition) is 2. The van der Waals surface area contributed by atoms with Gasteiger partial charge in [-0.3, -0.25) is 19.3 Å². The van der Waals surface area contributed by atoms with E-state index < -0.39 is 5.97 Å². The molecule has 0 radical (unpaired) electrons. The number of halogens is 2. The molecule has 3 aliphatic rings. The lowest BCUT2D eigenvalue weighted by atomic mass is 9.87. The minimum atomic E-state index is -0.739. The molecule has 6 rings (SSSR count). The van der Waals surface area contributed by atoms with E-state index in [-0.39, 0.29) is 48.4 Å². The SMILES string of the molecule is COC1CN([C@H]2CC(CO[C@H]3CC[C@H](C(=O)O)CC3)N(C(=O)Cc3cc(Cl)c(NC(=O)c4cn(C)c5ccccc45)cc3Cl)C2)C1. The highest BCUT2D eigenvalue weighted by Gasteiger charge is 2.42. The third-order valence-corrected chi connectivity index (χ3v) is 10.5. The van der Waals surface area contributed by atoms with Crippen LogP contribution in [0.5, 0.6) is 0 Å². The number of benzene rings is 2. The first kappa shape index (κ1) is 32.8. The van der Waals surface area contributed by atoms with E-state index in [1.807, 2.05) is 40.8 Å². The minimum absolute atomic E-state index is 0.00152. The van der Waals surface area contributed by atoms with Crippen LogP contribution in [0.2, 0.25) is 10.0 Å². The first-order valence-corrected chi connectivity index (χ1v) is 16.6. The first-order valence-electron chi connectivity index (χ1n) is 15.8. The van der Waals surface area contributed by atoms with E-state index in [0.717, 1.165) is 30.4 Å². The lowest BCUT2D eigenvalue weighted by Gasteiger charge is -2.42. The number of carboxylic acid groups (broad SMARTS) is 1. The van der Waals surface area contributed by atoms with Gasteiger partial charge in [-0.15, -0.1) is 0 Å². The Kier molecular flexibility index (Phi) is 9.91. The number of aromatic nitrogens is 1. The average molecular weight is 672 g/mol. The van der Waals surface area contributed by atoms with Crippen molar-refractivity contribution < 1.29 is 29.0 Å². The maximum Gasteiger partial charge on any atom is 0.306 e. The monoisotopic (exact) mass is 670 g/mol. The van der Waals surface area contributed by atoms with Gasteiger partial charge in [0.15, 0.2) is 0 Å². The number of hydrogen-bond acceptors (Lipinski definition) is 6. The number of rotatable bonds is 10. The molecule has 2 amide bonds. The number of carbonyl (C=O) groups is 3. The lowest BCUT2D eigenvalue weighted by Crippen LogP contribution is -2.56. The summed E-state index contributed by atoms with van der Waals surface area (Å²) < 4.78 is 13.7. The topological polar surface area (TPSA) is 113 Å². The second-order valence-corrected chi connectivity index (χ2v) is 13.6. The maximum absolute atomic E-state index is 13.8. The number of methoxy groups -OCH3 is 1. The molecule has 1 aromatic heterocycles. The molecule has 246 valence electrons. The van der Waals surface area contributed by atoms with Crippen molar-refractivity contribution in [2.24, 2.45) is 13.0 Å². The van der Waals surface area contributed by atoms with Gasteiger partial charge in [-0.05, 0) is 55.9 Å². The number of likely N-dealkylation sites (tertiary alicyclic amines) is 2. The molecule has 1 saturated carbocycles. The van der Waals surface area contributed by atoms with Gasteiger partial charge in [0.1, 0.15) is 0 Å². The Morgan fingerprint density at radius 1 is 1.00 bits per heavy atom. The minimum Gasteiger partial charge on any atom is -0.481 e. The van der Waals surface area contributed by atoms with Gasteiger partial charge in [0.2, 0.25) is 5.91 Å². The fourth-order valence-electron chi connectivity index (χ4n) is 7.06. The number of ether oxygens (including phenoxy) is 2. The van der Waals surface area contributed by atoms with Crippen LogP contribution in [-0.4, -0.2) is 94.9 Å². The Balaban J connectivity index is 1.12. The summed E-state index contributed by atoms with van der Waals surface area (Å²) >= 11 is 13.3. The Morgan fingerprint density at radius 3 is 2.46 bits per heavy atom. The van der Waals surface area contributed by atoms with Gasteiger partial charge in [0.25, 0.3) is 5.91 Å². The van der Waals surface area contributed by atoms with Crippen molar-refractivity contribution in [2.75, 3.05) is 38.7 Å². The van der Waals surface area contributed by atoms with E-state index in [9.17, 15) is 19.5 Å². The van der Waals surface area contributed by atoms with E-state index in [1.165, 1.54) is 0 Å². The van der Waals surface area contributed by atoms with Crippen LogP contribution in [0, 0.1) is 5.92 Å². The standard InChI is InChI=1S/C34H40Cl2N4O6/c1-38-18-27(26-5-3-4-6-31(26)38)33(42)37-30-14-28(35)21(11-29(30)36)12-32(41)40-15-22(39-16-25(17-39)45-2)13-23(40)19-46-24-9-7-20(8-10-24)34(43)44/h3-6,11,14,18,20,22-25H,7-10,12-13,15-17,19H2,1-2H3,(H,37,42)(H,43,44)/t20-,22-,23?,24-/m0/s1. The number of para-hydroxylation sites is 1. The van der Waals surface area contributed by atoms with Gasteiger partial charge in [0.05, 0.1) is 53.5 Å². The Bertz CT molecular complexity index is 1610. The van der Waals surface area contributed by atoms with E-state index in [4.69, 9.17) is 32.7 Å². The molecule has 2 aliphatic heterocycles. The van der Waals surface area contributed by atoms with Crippen LogP contribution in [0.4, 0.5) is 5.69 Å². The summed E-state index contributed by atoms with van der Waals surface area (Å²) in [6, 6.07) is 11.0. The molecule has 2 aromatic carbocycles. The number of carbonyl (C=O) groups excluding carboxylic acids is 2. The highest BCUT2D eigenvalue weighted by molar-refractivity contribution is 6.36. The molecule has 2 N–H and O–H groups in total. The molecule has 46 heavy (non-hydrogen) atoms. The zero-order valence-corrected chi connectivity index (χ0v) is 27.6. The molecule has 0 spiro atoms. The number of aliphatic carboxylic acids is 1. The molecule has 3 fully saturated rings. The Hall–Kier alpha value is -3.15. The maximum atomic E-state index is 13.8. The molecule has 3 aromatic rings. The van der Waals surface area contributed by atoms with Gasteiger partial charge in [-0.2, -0.15) is 0 Å². The van der Waals surface area contributed by atoms with Gasteiger partial charge in [-0.25, -0.2) is 0 Å². The van der Waals surface area contributed by atoms with Crippen LogP contribution in [0.15, 0.2) is 42.6 Å². The highest BCUT2D eigenvalue weighted by Crippen LogP contribution is 2.34. The van der Waals surface area contributed by atoms with Gasteiger partial charge < -0.3 is 29.4 Å². The molecule has 10 nitrogen and oxygen atoms in total. The van der Waals surface area contributed by atoms with Crippen LogP contribution in [0.3, 0.4) is 0 Å². The van der Waals surface area contributed by atoms with Crippen molar-refractivity contribution >= 4 is 57.6 Å². The Labute approximate surface area is 278 Å². The number of anilines is 1. The number of amides is 2. The predicted molar refractivity (Wildman–Crippen MR) is 177 cm³/mol. The molecule has 12 heteroatoms. The summed E-state index contributed by atoms with van der Waals surface area (Å²) in [6.45, 7) is 2.66. The van der Waals surface area contributed by atoms with Crippen molar-refractivity contribution in [3.63, 3.8) is 0 Å². The molecule has 0 bridgehead atoms. The van der Waals surface area contributed by atoms with Crippen LogP contribution in [0.25, 0.3) is 10.9 Å². The van der Waals surface area contributed by atoms with Crippen LogP contribution in [-0.2, 0) is 32.5 Å². The summed E-state index contributed by atoms with van der Waals surface area (Å²) in [5, 5.41) is 13.7. The van der Waals surface area contributed by atoms with Crippen molar-refractivity contribution in [1.82, 2.24) is 14.4 Å². The van der Waals surface area contributed by atoms with Gasteiger partial charge >= 0.3 is 5.97 Å².